The summed E-state index contributed by atoms with van der Waals surface area (Å²) in [5, 5.41) is 8.06. The van der Waals surface area contributed by atoms with Crippen LogP contribution in [0.5, 0.6) is 0 Å². The maximum absolute atomic E-state index is 12.7. The van der Waals surface area contributed by atoms with Crippen molar-refractivity contribution in [3.05, 3.63) is 65.4 Å². The molecule has 0 spiro atoms. The van der Waals surface area contributed by atoms with Crippen molar-refractivity contribution < 1.29 is 14.4 Å². The summed E-state index contributed by atoms with van der Waals surface area (Å²) < 4.78 is 0. The van der Waals surface area contributed by atoms with Gasteiger partial charge in [0, 0.05) is 24.7 Å². The molecule has 0 radical (unpaired) electrons. The van der Waals surface area contributed by atoms with Gasteiger partial charge in [0.15, 0.2) is 0 Å². The molecule has 0 unspecified atom stereocenters. The summed E-state index contributed by atoms with van der Waals surface area (Å²) in [6.07, 6.45) is 2.00. The first kappa shape index (κ1) is 19.9. The van der Waals surface area contributed by atoms with Crippen LogP contribution >= 0.6 is 0 Å². The molecule has 0 fully saturated rings. The van der Waals surface area contributed by atoms with Crippen LogP contribution in [-0.2, 0) is 14.4 Å². The number of benzene rings is 2. The summed E-state index contributed by atoms with van der Waals surface area (Å²) >= 11 is 0. The van der Waals surface area contributed by atoms with Crippen molar-refractivity contribution >= 4 is 35.2 Å². The lowest BCUT2D eigenvalue weighted by Crippen LogP contribution is -2.29. The van der Waals surface area contributed by atoms with Crippen molar-refractivity contribution in [2.24, 2.45) is 0 Å². The van der Waals surface area contributed by atoms with E-state index in [9.17, 15) is 14.4 Å². The average Bonchev–Trinajstić information content (AvgIpc) is 2.62. The number of hydrogen-bond acceptors (Lipinski definition) is 3. The van der Waals surface area contributed by atoms with E-state index in [1.165, 1.54) is 6.92 Å². The Morgan fingerprint density at radius 2 is 1.63 bits per heavy atom. The molecule has 0 aliphatic heterocycles. The van der Waals surface area contributed by atoms with Crippen LogP contribution in [0.2, 0.25) is 0 Å². The first-order chi connectivity index (χ1) is 12.9. The second-order valence-corrected chi connectivity index (χ2v) is 6.03. The van der Waals surface area contributed by atoms with Gasteiger partial charge in [0.25, 0.3) is 5.91 Å². The number of rotatable bonds is 6. The number of amides is 3. The highest BCUT2D eigenvalue weighted by atomic mass is 16.2. The third-order valence-corrected chi connectivity index (χ3v) is 3.77. The van der Waals surface area contributed by atoms with E-state index in [2.05, 4.69) is 16.0 Å². The Morgan fingerprint density at radius 3 is 2.26 bits per heavy atom. The maximum atomic E-state index is 12.7. The second-order valence-electron chi connectivity index (χ2n) is 6.03. The van der Waals surface area contributed by atoms with Crippen molar-refractivity contribution in [1.29, 1.82) is 0 Å². The van der Waals surface area contributed by atoms with Gasteiger partial charge in [-0.15, -0.1) is 0 Å². The Labute approximate surface area is 158 Å². The van der Waals surface area contributed by atoms with Crippen molar-refractivity contribution in [2.45, 2.75) is 27.2 Å². The minimum Gasteiger partial charge on any atom is -0.326 e. The molecule has 2 aromatic carbocycles. The second kappa shape index (κ2) is 9.33. The zero-order chi connectivity index (χ0) is 19.8. The fourth-order valence-corrected chi connectivity index (χ4v) is 2.37. The first-order valence-corrected chi connectivity index (χ1v) is 8.65. The zero-order valence-corrected chi connectivity index (χ0v) is 15.6. The number of aryl methyl sites for hydroxylation is 1. The summed E-state index contributed by atoms with van der Waals surface area (Å²) in [6.45, 7) is 5.03. The number of hydrogen-bond donors (Lipinski definition) is 3. The van der Waals surface area contributed by atoms with Crippen LogP contribution in [0.25, 0.3) is 6.08 Å². The third-order valence-electron chi connectivity index (χ3n) is 3.77. The Balaban J connectivity index is 2.24. The Hall–Kier alpha value is -3.41. The lowest BCUT2D eigenvalue weighted by molar-refractivity contribution is -0.120. The molecular weight excluding hydrogens is 342 g/mol. The van der Waals surface area contributed by atoms with Crippen molar-refractivity contribution in [3.63, 3.8) is 0 Å². The Morgan fingerprint density at radius 1 is 0.963 bits per heavy atom. The minimum atomic E-state index is -0.451. The first-order valence-electron chi connectivity index (χ1n) is 8.65. The van der Waals surface area contributed by atoms with Crippen molar-refractivity contribution in [2.75, 3.05) is 10.6 Å². The molecule has 2 rings (SSSR count). The van der Waals surface area contributed by atoms with Crippen LogP contribution in [0.3, 0.4) is 0 Å². The van der Waals surface area contributed by atoms with Gasteiger partial charge in [-0.25, -0.2) is 0 Å². The van der Waals surface area contributed by atoms with Crippen LogP contribution in [0.1, 0.15) is 31.4 Å². The predicted molar refractivity (Wildman–Crippen MR) is 107 cm³/mol. The Kier molecular flexibility index (Phi) is 6.88. The topological polar surface area (TPSA) is 87.3 Å². The highest BCUT2D eigenvalue weighted by molar-refractivity contribution is 6.08. The van der Waals surface area contributed by atoms with Crippen molar-refractivity contribution in [1.82, 2.24) is 5.32 Å². The molecule has 6 nitrogen and oxygen atoms in total. The van der Waals surface area contributed by atoms with Crippen LogP contribution in [-0.4, -0.2) is 17.7 Å². The van der Waals surface area contributed by atoms with E-state index in [1.807, 2.05) is 31.2 Å². The van der Waals surface area contributed by atoms with E-state index >= 15 is 0 Å². The predicted octanol–water partition coefficient (Wildman–Crippen LogP) is 3.46. The number of carbonyl (C=O) groups is 3. The summed E-state index contributed by atoms with van der Waals surface area (Å²) in [5.41, 5.74) is 3.05. The van der Waals surface area contributed by atoms with Gasteiger partial charge in [0.1, 0.15) is 5.70 Å². The van der Waals surface area contributed by atoms with Crippen LogP contribution in [0.15, 0.2) is 54.2 Å². The molecule has 3 N–H and O–H groups in total. The van der Waals surface area contributed by atoms with E-state index in [0.717, 1.165) is 11.1 Å². The molecule has 0 aliphatic carbocycles. The van der Waals surface area contributed by atoms with Gasteiger partial charge in [-0.1, -0.05) is 37.3 Å². The van der Waals surface area contributed by atoms with Gasteiger partial charge in [-0.2, -0.15) is 0 Å². The van der Waals surface area contributed by atoms with Crippen LogP contribution < -0.4 is 16.0 Å². The van der Waals surface area contributed by atoms with Gasteiger partial charge in [0.05, 0.1) is 0 Å². The van der Waals surface area contributed by atoms with Gasteiger partial charge in [-0.3, -0.25) is 14.4 Å². The SMILES string of the molecule is CCC(=O)Nc1cccc(NC(=O)/C(=C/c2ccccc2C)NC(C)=O)c1. The molecule has 2 aromatic rings. The lowest BCUT2D eigenvalue weighted by Gasteiger charge is -2.12. The fraction of sp³-hybridized carbons (Fsp3) is 0.190. The molecule has 0 heterocycles. The highest BCUT2D eigenvalue weighted by Crippen LogP contribution is 2.17. The number of nitrogens with one attached hydrogen (secondary N) is 3. The molecule has 0 aliphatic rings. The molecule has 3 amide bonds. The summed E-state index contributed by atoms with van der Waals surface area (Å²) in [7, 11) is 0. The van der Waals surface area contributed by atoms with Gasteiger partial charge >= 0.3 is 0 Å². The average molecular weight is 365 g/mol. The molecule has 0 aromatic heterocycles. The molecule has 140 valence electrons. The van der Waals surface area contributed by atoms with E-state index in [-0.39, 0.29) is 17.5 Å². The third kappa shape index (κ3) is 6.11. The summed E-state index contributed by atoms with van der Waals surface area (Å²) in [4.78, 5) is 35.7. The minimum absolute atomic E-state index is 0.114. The lowest BCUT2D eigenvalue weighted by atomic mass is 10.1. The molecule has 6 heteroatoms. The van der Waals surface area contributed by atoms with Crippen molar-refractivity contribution in [3.8, 4) is 0 Å². The van der Waals surface area contributed by atoms with E-state index in [0.29, 0.717) is 17.8 Å². The van der Waals surface area contributed by atoms with E-state index in [1.54, 1.807) is 37.3 Å². The molecular formula is C21H23N3O3. The molecule has 0 bridgehead atoms. The van der Waals surface area contributed by atoms with Gasteiger partial charge in [-0.05, 0) is 42.3 Å². The van der Waals surface area contributed by atoms with Gasteiger partial charge < -0.3 is 16.0 Å². The molecule has 0 atom stereocenters. The normalized spacial score (nSPS) is 10.9. The summed E-state index contributed by atoms with van der Waals surface area (Å²) in [5.74, 6) is -0.904. The van der Waals surface area contributed by atoms with Crippen LogP contribution in [0.4, 0.5) is 11.4 Å². The van der Waals surface area contributed by atoms with Crippen LogP contribution in [0, 0.1) is 6.92 Å². The number of carbonyl (C=O) groups excluding carboxylic acids is 3. The Bertz CT molecular complexity index is 888. The smallest absolute Gasteiger partial charge is 0.272 e. The fourth-order valence-electron chi connectivity index (χ4n) is 2.37. The highest BCUT2D eigenvalue weighted by Gasteiger charge is 2.13. The standard InChI is InChI=1S/C21H23N3O3/c1-4-20(26)23-17-10-7-11-18(13-17)24-21(27)19(22-15(3)25)12-16-9-6-5-8-14(16)2/h5-13H,4H2,1-3H3,(H,22,25)(H,23,26)(H,24,27)/b19-12-. The van der Waals surface area contributed by atoms with E-state index < -0.39 is 5.91 Å². The monoisotopic (exact) mass is 365 g/mol. The summed E-state index contributed by atoms with van der Waals surface area (Å²) in [6, 6.07) is 14.4. The van der Waals surface area contributed by atoms with Gasteiger partial charge in [0.2, 0.25) is 11.8 Å². The zero-order valence-electron chi connectivity index (χ0n) is 15.6. The molecule has 0 saturated heterocycles. The number of anilines is 2. The quantitative estimate of drug-likeness (QED) is 0.685. The van der Waals surface area contributed by atoms with E-state index in [4.69, 9.17) is 0 Å². The molecule has 27 heavy (non-hydrogen) atoms. The largest absolute Gasteiger partial charge is 0.326 e. The molecule has 0 saturated carbocycles. The maximum Gasteiger partial charge on any atom is 0.272 e.